The Morgan fingerprint density at radius 2 is 1.80 bits per heavy atom. The summed E-state index contributed by atoms with van der Waals surface area (Å²) in [5, 5.41) is 6.21. The van der Waals surface area contributed by atoms with Gasteiger partial charge >= 0.3 is 0 Å². The van der Waals surface area contributed by atoms with Crippen molar-refractivity contribution in [3.05, 3.63) is 57.0 Å². The number of carbonyl (C=O) groups excluding carboxylic acids is 1. The van der Waals surface area contributed by atoms with Gasteiger partial charge in [0.2, 0.25) is 5.91 Å². The van der Waals surface area contributed by atoms with Crippen LogP contribution in [0.5, 0.6) is 0 Å². The number of carbonyl (C=O) groups is 1. The number of hydrogen-bond donors (Lipinski definition) is 2. The molecule has 0 fully saturated rings. The van der Waals surface area contributed by atoms with Crippen molar-refractivity contribution in [2.24, 2.45) is 0 Å². The second-order valence-corrected chi connectivity index (χ2v) is 6.35. The van der Waals surface area contributed by atoms with E-state index < -0.39 is 0 Å². The highest BCUT2D eigenvalue weighted by Crippen LogP contribution is 2.32. The molecule has 0 bridgehead atoms. The molecule has 3 rings (SSSR count). The van der Waals surface area contributed by atoms with Gasteiger partial charge in [-0.2, -0.15) is 0 Å². The van der Waals surface area contributed by atoms with E-state index >= 15 is 0 Å². The second-order valence-electron chi connectivity index (χ2n) is 4.64. The number of fused-ring (bicyclic) bond motifs is 1. The van der Waals surface area contributed by atoms with Gasteiger partial charge < -0.3 is 10.6 Å². The van der Waals surface area contributed by atoms with Gasteiger partial charge in [0.25, 0.3) is 0 Å². The predicted molar refractivity (Wildman–Crippen MR) is 88.0 cm³/mol. The molecular weight excluding hydrogens is 384 g/mol. The van der Waals surface area contributed by atoms with Crippen molar-refractivity contribution in [2.75, 3.05) is 10.6 Å². The van der Waals surface area contributed by atoms with E-state index in [1.807, 2.05) is 42.5 Å². The lowest BCUT2D eigenvalue weighted by molar-refractivity contribution is -0.116. The number of para-hydroxylation sites is 2. The first-order valence-electron chi connectivity index (χ1n) is 6.24. The quantitative estimate of drug-likeness (QED) is 0.800. The fourth-order valence-electron chi connectivity index (χ4n) is 2.28. The van der Waals surface area contributed by atoms with E-state index in [-0.39, 0.29) is 11.9 Å². The van der Waals surface area contributed by atoms with Crippen LogP contribution in [0, 0.1) is 0 Å². The summed E-state index contributed by atoms with van der Waals surface area (Å²) in [7, 11) is 0. The molecule has 1 atom stereocenters. The van der Waals surface area contributed by atoms with E-state index in [1.165, 1.54) is 5.56 Å². The molecule has 0 aromatic heterocycles. The fourth-order valence-corrected chi connectivity index (χ4v) is 3.48. The normalized spacial score (nSPS) is 16.4. The number of amides is 1. The summed E-state index contributed by atoms with van der Waals surface area (Å²) < 4.78 is 1.71. The smallest absolute Gasteiger partial charge is 0.247 e. The van der Waals surface area contributed by atoms with Crippen LogP contribution in [-0.2, 0) is 11.2 Å². The van der Waals surface area contributed by atoms with E-state index in [0.29, 0.717) is 6.42 Å². The van der Waals surface area contributed by atoms with E-state index in [2.05, 4.69) is 42.5 Å². The van der Waals surface area contributed by atoms with Gasteiger partial charge in [0, 0.05) is 21.1 Å². The minimum atomic E-state index is -0.230. The molecule has 0 aliphatic carbocycles. The first-order valence-corrected chi connectivity index (χ1v) is 7.83. The van der Waals surface area contributed by atoms with Gasteiger partial charge in [-0.05, 0) is 55.6 Å². The molecule has 2 aromatic carbocycles. The van der Waals surface area contributed by atoms with Crippen LogP contribution in [0.1, 0.15) is 5.56 Å². The third-order valence-electron chi connectivity index (χ3n) is 3.30. The van der Waals surface area contributed by atoms with Gasteiger partial charge in [0.1, 0.15) is 6.04 Å². The van der Waals surface area contributed by atoms with E-state index in [0.717, 1.165) is 20.3 Å². The molecule has 3 nitrogen and oxygen atoms in total. The molecule has 20 heavy (non-hydrogen) atoms. The Kier molecular flexibility index (Phi) is 3.81. The molecule has 102 valence electrons. The predicted octanol–water partition coefficient (Wildman–Crippen LogP) is 4.19. The van der Waals surface area contributed by atoms with Crippen LogP contribution in [0.15, 0.2) is 51.4 Å². The van der Waals surface area contributed by atoms with E-state index in [4.69, 9.17) is 0 Å². The summed E-state index contributed by atoms with van der Waals surface area (Å²) in [5.41, 5.74) is 2.98. The first-order chi connectivity index (χ1) is 9.65. The Hall–Kier alpha value is -1.33. The average Bonchev–Trinajstić information content (AvgIpc) is 2.87. The second kappa shape index (κ2) is 5.58. The average molecular weight is 396 g/mol. The van der Waals surface area contributed by atoms with Crippen molar-refractivity contribution in [1.29, 1.82) is 0 Å². The van der Waals surface area contributed by atoms with Crippen LogP contribution in [0.4, 0.5) is 11.4 Å². The zero-order valence-electron chi connectivity index (χ0n) is 10.5. The maximum atomic E-state index is 12.4. The Bertz CT molecular complexity index is 627. The lowest BCUT2D eigenvalue weighted by Crippen LogP contribution is -2.33. The molecule has 0 saturated heterocycles. The summed E-state index contributed by atoms with van der Waals surface area (Å²) >= 11 is 6.89. The molecule has 1 aliphatic rings. The Morgan fingerprint density at radius 3 is 2.50 bits per heavy atom. The van der Waals surface area contributed by atoms with Crippen molar-refractivity contribution < 1.29 is 4.79 Å². The number of benzene rings is 2. The molecule has 0 radical (unpaired) electrons. The van der Waals surface area contributed by atoms with Gasteiger partial charge in [-0.3, -0.25) is 4.79 Å². The topological polar surface area (TPSA) is 41.1 Å². The molecule has 1 aliphatic heterocycles. The fraction of sp³-hybridized carbons (Fsp3) is 0.133. The Morgan fingerprint density at radius 1 is 1.10 bits per heavy atom. The van der Waals surface area contributed by atoms with E-state index in [9.17, 15) is 4.79 Å². The molecular formula is C15H12Br2N2O. The maximum absolute atomic E-state index is 12.4. The summed E-state index contributed by atoms with van der Waals surface area (Å²) in [5.74, 6) is -0.0335. The highest BCUT2D eigenvalue weighted by atomic mass is 79.9. The zero-order valence-corrected chi connectivity index (χ0v) is 13.7. The lowest BCUT2D eigenvalue weighted by atomic mass is 10.1. The monoisotopic (exact) mass is 394 g/mol. The van der Waals surface area contributed by atoms with Crippen LogP contribution >= 0.6 is 31.9 Å². The summed E-state index contributed by atoms with van der Waals surface area (Å²) in [6.07, 6.45) is 0.712. The van der Waals surface area contributed by atoms with Crippen LogP contribution in [0.3, 0.4) is 0 Å². The number of halogens is 2. The van der Waals surface area contributed by atoms with Gasteiger partial charge in [-0.25, -0.2) is 0 Å². The van der Waals surface area contributed by atoms with E-state index in [1.54, 1.807) is 0 Å². The Balaban J connectivity index is 1.76. The number of nitrogens with one attached hydrogen (secondary N) is 2. The van der Waals surface area contributed by atoms with Crippen molar-refractivity contribution >= 4 is 49.1 Å². The van der Waals surface area contributed by atoms with Gasteiger partial charge in [0.15, 0.2) is 0 Å². The minimum Gasteiger partial charge on any atom is -0.373 e. The largest absolute Gasteiger partial charge is 0.373 e. The van der Waals surface area contributed by atoms with Crippen molar-refractivity contribution in [3.63, 3.8) is 0 Å². The first kappa shape index (κ1) is 13.6. The van der Waals surface area contributed by atoms with Crippen LogP contribution < -0.4 is 10.6 Å². The molecule has 0 spiro atoms. The van der Waals surface area contributed by atoms with Crippen molar-refractivity contribution in [2.45, 2.75) is 12.5 Å². The number of anilines is 2. The molecule has 2 N–H and O–H groups in total. The van der Waals surface area contributed by atoms with Gasteiger partial charge in [0.05, 0.1) is 5.69 Å². The highest BCUT2D eigenvalue weighted by molar-refractivity contribution is 9.11. The number of rotatable bonds is 2. The highest BCUT2D eigenvalue weighted by Gasteiger charge is 2.26. The maximum Gasteiger partial charge on any atom is 0.247 e. The minimum absolute atomic E-state index is 0.0335. The zero-order chi connectivity index (χ0) is 14.1. The third-order valence-corrected chi connectivity index (χ3v) is 4.62. The lowest BCUT2D eigenvalue weighted by Gasteiger charge is -2.14. The summed E-state index contributed by atoms with van der Waals surface area (Å²) in [6, 6.07) is 13.5. The number of hydrogen-bond acceptors (Lipinski definition) is 2. The van der Waals surface area contributed by atoms with Crippen LogP contribution in [-0.4, -0.2) is 11.9 Å². The molecule has 1 amide bonds. The van der Waals surface area contributed by atoms with Crippen LogP contribution in [0.25, 0.3) is 0 Å². The van der Waals surface area contributed by atoms with Gasteiger partial charge in [-0.15, -0.1) is 0 Å². The van der Waals surface area contributed by atoms with Crippen molar-refractivity contribution in [1.82, 2.24) is 0 Å². The molecule has 2 aromatic rings. The van der Waals surface area contributed by atoms with Crippen molar-refractivity contribution in [3.8, 4) is 0 Å². The van der Waals surface area contributed by atoms with Gasteiger partial charge in [-0.1, -0.05) is 24.3 Å². The SMILES string of the molecule is O=C(Nc1c(Br)cccc1Br)[C@@H]1Cc2ccccc2N1. The molecule has 5 heteroatoms. The Labute approximate surface area is 134 Å². The standard InChI is InChI=1S/C15H12Br2N2O/c16-10-5-3-6-11(17)14(10)19-15(20)13-8-9-4-1-2-7-12(9)18-13/h1-7,13,18H,8H2,(H,19,20)/t13-/m0/s1. The van der Waals surface area contributed by atoms with Crippen LogP contribution in [0.2, 0.25) is 0 Å². The summed E-state index contributed by atoms with van der Waals surface area (Å²) in [4.78, 5) is 12.4. The molecule has 0 unspecified atom stereocenters. The molecule has 0 saturated carbocycles. The molecule has 1 heterocycles. The summed E-state index contributed by atoms with van der Waals surface area (Å²) in [6.45, 7) is 0. The third kappa shape index (κ3) is 2.60.